The van der Waals surface area contributed by atoms with Crippen molar-refractivity contribution in [2.45, 2.75) is 23.3 Å². The van der Waals surface area contributed by atoms with E-state index in [4.69, 9.17) is 23.7 Å². The normalized spacial score (nSPS) is 17.9. The summed E-state index contributed by atoms with van der Waals surface area (Å²) in [5.41, 5.74) is 3.14. The van der Waals surface area contributed by atoms with Gasteiger partial charge >= 0.3 is 0 Å². The van der Waals surface area contributed by atoms with E-state index in [1.165, 1.54) is 0 Å². The first-order valence-electron chi connectivity index (χ1n) is 10.2. The number of aliphatic hydroxyl groups excluding tert-OH is 1. The molecule has 2 N–H and O–H groups in total. The first-order chi connectivity index (χ1) is 15.1. The van der Waals surface area contributed by atoms with Crippen molar-refractivity contribution in [2.24, 2.45) is 0 Å². The molecule has 170 valence electrons. The number of nitrogens with one attached hydrogen (secondary N) is 1. The summed E-state index contributed by atoms with van der Waals surface area (Å²) in [6.07, 6.45) is 2.06. The van der Waals surface area contributed by atoms with Crippen LogP contribution in [0.25, 0.3) is 0 Å². The summed E-state index contributed by atoms with van der Waals surface area (Å²) in [5.74, 6) is 3.26. The molecule has 1 aliphatic rings. The molecule has 3 rings (SSSR count). The number of methoxy groups -OCH3 is 5. The quantitative estimate of drug-likeness (QED) is 0.551. The summed E-state index contributed by atoms with van der Waals surface area (Å²) in [5, 5.41) is 13.1. The van der Waals surface area contributed by atoms with E-state index in [0.717, 1.165) is 29.7 Å². The lowest BCUT2D eigenvalue weighted by molar-refractivity contribution is 0.310. The van der Waals surface area contributed by atoms with Crippen molar-refractivity contribution in [3.63, 3.8) is 0 Å². The molecule has 2 aromatic rings. The van der Waals surface area contributed by atoms with Crippen molar-refractivity contribution in [2.75, 3.05) is 54.0 Å². The number of anilines is 1. The average Bonchev–Trinajstić information content (AvgIpc) is 3.31. The van der Waals surface area contributed by atoms with Crippen LogP contribution in [0, 0.1) is 0 Å². The highest BCUT2D eigenvalue weighted by molar-refractivity contribution is 8.00. The van der Waals surface area contributed by atoms with Crippen LogP contribution in [0.4, 0.5) is 5.69 Å². The number of benzene rings is 2. The van der Waals surface area contributed by atoms with Gasteiger partial charge in [-0.1, -0.05) is 0 Å². The topological polar surface area (TPSA) is 78.4 Å². The fourth-order valence-corrected chi connectivity index (χ4v) is 5.44. The maximum atomic E-state index is 9.21. The van der Waals surface area contributed by atoms with E-state index in [-0.39, 0.29) is 6.61 Å². The van der Waals surface area contributed by atoms with Gasteiger partial charge < -0.3 is 34.1 Å². The Balaban J connectivity index is 1.88. The highest BCUT2D eigenvalue weighted by Crippen LogP contribution is 2.55. The molecule has 0 spiro atoms. The van der Waals surface area contributed by atoms with Crippen LogP contribution in [0.2, 0.25) is 0 Å². The molecule has 0 unspecified atom stereocenters. The molecule has 0 radical (unpaired) electrons. The molecule has 0 amide bonds. The van der Waals surface area contributed by atoms with Crippen molar-refractivity contribution in [3.05, 3.63) is 35.4 Å². The van der Waals surface area contributed by atoms with Gasteiger partial charge in [-0.15, -0.1) is 11.8 Å². The van der Waals surface area contributed by atoms with Crippen molar-refractivity contribution in [3.8, 4) is 28.7 Å². The Labute approximate surface area is 188 Å². The van der Waals surface area contributed by atoms with E-state index in [1.807, 2.05) is 30.0 Å². The molecular weight excluding hydrogens is 418 g/mol. The third-order valence-electron chi connectivity index (χ3n) is 5.38. The Morgan fingerprint density at radius 3 is 1.71 bits per heavy atom. The van der Waals surface area contributed by atoms with E-state index in [9.17, 15) is 5.11 Å². The van der Waals surface area contributed by atoms with Gasteiger partial charge in [0.05, 0.1) is 47.8 Å². The highest BCUT2D eigenvalue weighted by Gasteiger charge is 2.30. The minimum atomic E-state index is 0.0388. The minimum absolute atomic E-state index is 0.0388. The van der Waals surface area contributed by atoms with Crippen LogP contribution in [0.3, 0.4) is 0 Å². The van der Waals surface area contributed by atoms with E-state index < -0.39 is 0 Å². The van der Waals surface area contributed by atoms with E-state index in [1.54, 1.807) is 35.5 Å². The van der Waals surface area contributed by atoms with Crippen LogP contribution in [0.15, 0.2) is 24.3 Å². The first kappa shape index (κ1) is 23.2. The Bertz CT molecular complexity index is 866. The van der Waals surface area contributed by atoms with E-state index >= 15 is 0 Å². The summed E-state index contributed by atoms with van der Waals surface area (Å²) >= 11 is 1.91. The third kappa shape index (κ3) is 4.91. The molecular formula is C23H31NO6S. The largest absolute Gasteiger partial charge is 0.493 e. The monoisotopic (exact) mass is 449 g/mol. The van der Waals surface area contributed by atoms with Crippen molar-refractivity contribution in [1.29, 1.82) is 0 Å². The number of ether oxygens (including phenoxy) is 5. The van der Waals surface area contributed by atoms with Gasteiger partial charge in [0.2, 0.25) is 5.75 Å². The Hall–Kier alpha value is -2.45. The zero-order valence-electron chi connectivity index (χ0n) is 18.7. The maximum absolute atomic E-state index is 9.21. The van der Waals surface area contributed by atoms with E-state index in [0.29, 0.717) is 45.8 Å². The molecule has 1 heterocycles. The smallest absolute Gasteiger partial charge is 0.203 e. The van der Waals surface area contributed by atoms with E-state index in [2.05, 4.69) is 11.4 Å². The van der Waals surface area contributed by atoms with Crippen molar-refractivity contribution in [1.82, 2.24) is 0 Å². The summed E-state index contributed by atoms with van der Waals surface area (Å²) in [6, 6.07) is 8.19. The molecule has 0 aliphatic carbocycles. The predicted octanol–water partition coefficient (Wildman–Crippen LogP) is 4.44. The van der Waals surface area contributed by atoms with Gasteiger partial charge in [0, 0.05) is 17.0 Å². The van der Waals surface area contributed by atoms with Gasteiger partial charge in [-0.05, 0) is 48.2 Å². The van der Waals surface area contributed by atoms with Gasteiger partial charge in [-0.3, -0.25) is 0 Å². The second-order valence-corrected chi connectivity index (χ2v) is 8.51. The van der Waals surface area contributed by atoms with Gasteiger partial charge in [-0.2, -0.15) is 0 Å². The van der Waals surface area contributed by atoms with Crippen LogP contribution < -0.4 is 29.0 Å². The highest BCUT2D eigenvalue weighted by atomic mass is 32.2. The fourth-order valence-electron chi connectivity index (χ4n) is 3.91. The van der Waals surface area contributed by atoms with Gasteiger partial charge in [-0.25, -0.2) is 0 Å². The van der Waals surface area contributed by atoms with Crippen LogP contribution in [0.1, 0.15) is 34.5 Å². The van der Waals surface area contributed by atoms with Crippen LogP contribution in [-0.2, 0) is 0 Å². The average molecular weight is 450 g/mol. The third-order valence-corrected chi connectivity index (χ3v) is 7.05. The molecule has 2 aromatic carbocycles. The number of aliphatic hydroxyl groups is 1. The van der Waals surface area contributed by atoms with Crippen LogP contribution in [0.5, 0.6) is 28.7 Å². The van der Waals surface area contributed by atoms with Gasteiger partial charge in [0.25, 0.3) is 0 Å². The minimum Gasteiger partial charge on any atom is -0.493 e. The van der Waals surface area contributed by atoms with Gasteiger partial charge in [0.15, 0.2) is 23.0 Å². The number of rotatable bonds is 10. The number of thioether (sulfide) groups is 1. The summed E-state index contributed by atoms with van der Waals surface area (Å²) in [4.78, 5) is 0. The molecule has 0 aromatic heterocycles. The molecule has 2 atom stereocenters. The number of hydrogen-bond acceptors (Lipinski definition) is 8. The molecule has 8 heteroatoms. The maximum Gasteiger partial charge on any atom is 0.203 e. The molecule has 1 aliphatic heterocycles. The zero-order valence-corrected chi connectivity index (χ0v) is 19.5. The second kappa shape index (κ2) is 10.7. The Morgan fingerprint density at radius 1 is 0.774 bits per heavy atom. The molecule has 7 nitrogen and oxygen atoms in total. The molecule has 1 saturated heterocycles. The zero-order chi connectivity index (χ0) is 22.4. The summed E-state index contributed by atoms with van der Waals surface area (Å²) < 4.78 is 27.6. The Kier molecular flexibility index (Phi) is 8.03. The fraction of sp³-hybridized carbons (Fsp3) is 0.478. The Morgan fingerprint density at radius 2 is 1.26 bits per heavy atom. The summed E-state index contributed by atoms with van der Waals surface area (Å²) in [7, 11) is 8.14. The lowest BCUT2D eigenvalue weighted by Gasteiger charge is -2.19. The second-order valence-electron chi connectivity index (χ2n) is 7.10. The lowest BCUT2D eigenvalue weighted by Crippen LogP contribution is -2.08. The van der Waals surface area contributed by atoms with Crippen LogP contribution in [-0.4, -0.2) is 53.8 Å². The van der Waals surface area contributed by atoms with Crippen molar-refractivity contribution >= 4 is 17.4 Å². The van der Waals surface area contributed by atoms with Gasteiger partial charge in [0.1, 0.15) is 0 Å². The SMILES string of the molecule is COc1cc([C@H]2CC[C@H](c3cc(OC)c(OC)c(OC)c3)S2)cc(NCCO)c1OC. The predicted molar refractivity (Wildman–Crippen MR) is 124 cm³/mol. The number of hydrogen-bond donors (Lipinski definition) is 2. The molecule has 0 saturated carbocycles. The lowest BCUT2D eigenvalue weighted by atomic mass is 10.0. The first-order valence-corrected chi connectivity index (χ1v) is 11.1. The molecule has 31 heavy (non-hydrogen) atoms. The van der Waals surface area contributed by atoms with Crippen molar-refractivity contribution < 1.29 is 28.8 Å². The molecule has 0 bridgehead atoms. The summed E-state index contributed by atoms with van der Waals surface area (Å²) in [6.45, 7) is 0.478. The molecule has 1 fully saturated rings. The standard InChI is InChI=1S/C23H31NO6S/c1-26-17-11-14(10-16(22(17)29-4)24-8-9-25)20-6-7-21(31-20)15-12-18(27-2)23(30-5)19(13-15)28-3/h10-13,20-21,24-25H,6-9H2,1-5H3/t20-,21-/m1/s1. The van der Waals surface area contributed by atoms with Crippen LogP contribution >= 0.6 is 11.8 Å².